The summed E-state index contributed by atoms with van der Waals surface area (Å²) in [6, 6.07) is 0. The van der Waals surface area contributed by atoms with E-state index in [4.69, 9.17) is 4.74 Å². The summed E-state index contributed by atoms with van der Waals surface area (Å²) in [7, 11) is 0. The van der Waals surface area contributed by atoms with E-state index in [-0.39, 0.29) is 5.60 Å². The molecular formula is C7H13NO. The molecule has 2 heteroatoms. The van der Waals surface area contributed by atoms with Crippen LogP contribution in [0.4, 0.5) is 0 Å². The van der Waals surface area contributed by atoms with Crippen molar-refractivity contribution in [2.45, 2.75) is 18.9 Å². The SMILES string of the molecule is CC1COC12CCNC2. The Morgan fingerprint density at radius 2 is 2.56 bits per heavy atom. The molecule has 2 nitrogen and oxygen atoms in total. The Morgan fingerprint density at radius 1 is 1.67 bits per heavy atom. The Bertz CT molecular complexity index is 118. The van der Waals surface area contributed by atoms with Gasteiger partial charge in [-0.15, -0.1) is 0 Å². The third-order valence-electron chi connectivity index (χ3n) is 2.67. The standard InChI is InChI=1S/C7H13NO/c1-6-4-9-7(6)2-3-8-5-7/h6,8H,2-5H2,1H3. The van der Waals surface area contributed by atoms with E-state index in [9.17, 15) is 0 Å². The first-order chi connectivity index (χ1) is 4.33. The fraction of sp³-hybridized carbons (Fsp3) is 1.00. The van der Waals surface area contributed by atoms with E-state index in [1.54, 1.807) is 0 Å². The van der Waals surface area contributed by atoms with E-state index in [0.717, 1.165) is 25.6 Å². The second kappa shape index (κ2) is 1.70. The van der Waals surface area contributed by atoms with Crippen molar-refractivity contribution in [1.82, 2.24) is 5.32 Å². The first-order valence-electron chi connectivity index (χ1n) is 3.68. The molecule has 0 amide bonds. The smallest absolute Gasteiger partial charge is 0.0865 e. The zero-order valence-corrected chi connectivity index (χ0v) is 5.81. The maximum absolute atomic E-state index is 5.53. The number of hydrogen-bond donors (Lipinski definition) is 1. The molecule has 52 valence electrons. The summed E-state index contributed by atoms with van der Waals surface area (Å²) in [4.78, 5) is 0. The lowest BCUT2D eigenvalue weighted by atomic mass is 9.83. The topological polar surface area (TPSA) is 21.3 Å². The van der Waals surface area contributed by atoms with Gasteiger partial charge in [-0.25, -0.2) is 0 Å². The first-order valence-corrected chi connectivity index (χ1v) is 3.68. The van der Waals surface area contributed by atoms with Crippen LogP contribution in [0.3, 0.4) is 0 Å². The third kappa shape index (κ3) is 0.634. The molecule has 0 bridgehead atoms. The Labute approximate surface area is 55.6 Å². The van der Waals surface area contributed by atoms with Gasteiger partial charge in [0.1, 0.15) is 0 Å². The molecule has 2 heterocycles. The predicted molar refractivity (Wildman–Crippen MR) is 35.3 cm³/mol. The van der Waals surface area contributed by atoms with Crippen LogP contribution in [0, 0.1) is 5.92 Å². The van der Waals surface area contributed by atoms with Gasteiger partial charge >= 0.3 is 0 Å². The molecule has 2 saturated heterocycles. The molecule has 2 aliphatic heterocycles. The second-order valence-corrected chi connectivity index (χ2v) is 3.20. The van der Waals surface area contributed by atoms with Crippen LogP contribution < -0.4 is 5.32 Å². The van der Waals surface area contributed by atoms with Gasteiger partial charge in [0.15, 0.2) is 0 Å². The predicted octanol–water partition coefficient (Wildman–Crippen LogP) is 0.385. The normalized spacial score (nSPS) is 49.7. The van der Waals surface area contributed by atoms with Crippen molar-refractivity contribution in [3.63, 3.8) is 0 Å². The minimum absolute atomic E-state index is 0.264. The average Bonchev–Trinajstić information content (AvgIpc) is 2.34. The van der Waals surface area contributed by atoms with E-state index >= 15 is 0 Å². The van der Waals surface area contributed by atoms with Gasteiger partial charge in [0.05, 0.1) is 12.2 Å². The lowest BCUT2D eigenvalue weighted by Crippen LogP contribution is -2.53. The van der Waals surface area contributed by atoms with E-state index in [0.29, 0.717) is 0 Å². The highest BCUT2D eigenvalue weighted by Gasteiger charge is 2.47. The van der Waals surface area contributed by atoms with Crippen LogP contribution in [0.2, 0.25) is 0 Å². The Morgan fingerprint density at radius 3 is 2.78 bits per heavy atom. The summed E-state index contributed by atoms with van der Waals surface area (Å²) in [5.41, 5.74) is 0.264. The lowest BCUT2D eigenvalue weighted by Gasteiger charge is -2.44. The molecule has 0 aliphatic carbocycles. The van der Waals surface area contributed by atoms with Crippen LogP contribution in [0.15, 0.2) is 0 Å². The highest BCUT2D eigenvalue weighted by molar-refractivity contribution is 4.99. The van der Waals surface area contributed by atoms with Crippen LogP contribution in [0.5, 0.6) is 0 Å². The number of nitrogens with one attached hydrogen (secondary N) is 1. The molecule has 1 spiro atoms. The van der Waals surface area contributed by atoms with Crippen molar-refractivity contribution in [3.8, 4) is 0 Å². The minimum atomic E-state index is 0.264. The highest BCUT2D eigenvalue weighted by Crippen LogP contribution is 2.37. The highest BCUT2D eigenvalue weighted by atomic mass is 16.5. The largest absolute Gasteiger partial charge is 0.373 e. The van der Waals surface area contributed by atoms with Crippen molar-refractivity contribution in [2.24, 2.45) is 5.92 Å². The second-order valence-electron chi connectivity index (χ2n) is 3.20. The molecule has 2 unspecified atom stereocenters. The molecule has 2 rings (SSSR count). The van der Waals surface area contributed by atoms with Gasteiger partial charge in [-0.05, 0) is 13.0 Å². The van der Waals surface area contributed by atoms with Gasteiger partial charge in [-0.1, -0.05) is 6.92 Å². The molecule has 1 N–H and O–H groups in total. The fourth-order valence-corrected chi connectivity index (χ4v) is 1.72. The number of hydrogen-bond acceptors (Lipinski definition) is 2. The molecule has 0 aromatic carbocycles. The average molecular weight is 127 g/mol. The zero-order valence-electron chi connectivity index (χ0n) is 5.81. The Hall–Kier alpha value is -0.0800. The van der Waals surface area contributed by atoms with Gasteiger partial charge in [0.25, 0.3) is 0 Å². The maximum Gasteiger partial charge on any atom is 0.0865 e. The summed E-state index contributed by atoms with van der Waals surface area (Å²) in [5, 5.41) is 3.32. The van der Waals surface area contributed by atoms with Crippen LogP contribution in [0.1, 0.15) is 13.3 Å². The van der Waals surface area contributed by atoms with Gasteiger partial charge in [-0.2, -0.15) is 0 Å². The molecule has 2 atom stereocenters. The summed E-state index contributed by atoms with van der Waals surface area (Å²) in [5.74, 6) is 0.785. The number of ether oxygens (including phenoxy) is 1. The third-order valence-corrected chi connectivity index (χ3v) is 2.67. The van der Waals surface area contributed by atoms with E-state index < -0.39 is 0 Å². The molecule has 0 saturated carbocycles. The van der Waals surface area contributed by atoms with Crippen molar-refractivity contribution in [1.29, 1.82) is 0 Å². The van der Waals surface area contributed by atoms with Crippen molar-refractivity contribution < 1.29 is 4.74 Å². The molecule has 0 aromatic rings. The molecular weight excluding hydrogens is 114 g/mol. The quantitative estimate of drug-likeness (QED) is 0.508. The van der Waals surface area contributed by atoms with Gasteiger partial charge in [-0.3, -0.25) is 0 Å². The molecule has 0 radical (unpaired) electrons. The van der Waals surface area contributed by atoms with Crippen molar-refractivity contribution in [2.75, 3.05) is 19.7 Å². The summed E-state index contributed by atoms with van der Waals surface area (Å²) >= 11 is 0. The van der Waals surface area contributed by atoms with Gasteiger partial charge < -0.3 is 10.1 Å². The maximum atomic E-state index is 5.53. The van der Waals surface area contributed by atoms with E-state index in [1.807, 2.05) is 0 Å². The fourth-order valence-electron chi connectivity index (χ4n) is 1.72. The van der Waals surface area contributed by atoms with Crippen LogP contribution in [-0.2, 0) is 4.74 Å². The monoisotopic (exact) mass is 127 g/mol. The van der Waals surface area contributed by atoms with Crippen LogP contribution in [0.25, 0.3) is 0 Å². The van der Waals surface area contributed by atoms with E-state index in [1.165, 1.54) is 6.42 Å². The zero-order chi connectivity index (χ0) is 6.32. The molecule has 2 aliphatic rings. The van der Waals surface area contributed by atoms with Crippen LogP contribution >= 0.6 is 0 Å². The summed E-state index contributed by atoms with van der Waals surface area (Å²) < 4.78 is 5.53. The number of rotatable bonds is 0. The molecule has 9 heavy (non-hydrogen) atoms. The first kappa shape index (κ1) is 5.69. The Kier molecular flexibility index (Phi) is 1.08. The van der Waals surface area contributed by atoms with Crippen molar-refractivity contribution in [3.05, 3.63) is 0 Å². The minimum Gasteiger partial charge on any atom is -0.373 e. The summed E-state index contributed by atoms with van der Waals surface area (Å²) in [6.07, 6.45) is 1.22. The summed E-state index contributed by atoms with van der Waals surface area (Å²) in [6.45, 7) is 5.47. The van der Waals surface area contributed by atoms with Crippen LogP contribution in [-0.4, -0.2) is 25.3 Å². The molecule has 2 fully saturated rings. The van der Waals surface area contributed by atoms with Gasteiger partial charge in [0.2, 0.25) is 0 Å². The van der Waals surface area contributed by atoms with Crippen molar-refractivity contribution >= 4 is 0 Å². The lowest BCUT2D eigenvalue weighted by molar-refractivity contribution is -0.183. The Balaban J connectivity index is 2.06. The molecule has 0 aromatic heterocycles. The van der Waals surface area contributed by atoms with Gasteiger partial charge in [0, 0.05) is 12.5 Å². The van der Waals surface area contributed by atoms with E-state index in [2.05, 4.69) is 12.2 Å².